The van der Waals surface area contributed by atoms with Crippen LogP contribution in [0.25, 0.3) is 5.57 Å². The molecule has 1 unspecified atom stereocenters. The maximum absolute atomic E-state index is 15.9. The van der Waals surface area contributed by atoms with Crippen LogP contribution in [0.1, 0.15) is 37.3 Å². The van der Waals surface area contributed by atoms with E-state index in [1.165, 1.54) is 19.5 Å². The standard InChI is InChI=1S/C26H30F3N7O4S2/c1-26(2,3)34-13-16(22(41)19-8-9-31-24(35-19)32-10-11-33-25(37)40-4)15-12-30-14-20(21(15)29)36-42(38,39)23-17(27)6-5-7-18(23)28/h5-9,12-14,22,34,36,41H,10-11H2,1-4H3,(H,33,37)(H,31,32,35)/b16-13-. The number of rotatable bonds is 11. The smallest absolute Gasteiger partial charge is 0.406 e. The third kappa shape index (κ3) is 8.48. The Labute approximate surface area is 246 Å². The van der Waals surface area contributed by atoms with Gasteiger partial charge in [-0.2, -0.15) is 12.6 Å². The number of benzene rings is 1. The van der Waals surface area contributed by atoms with Crippen LogP contribution in [0.5, 0.6) is 0 Å². The average Bonchev–Trinajstić information content (AvgIpc) is 2.92. The maximum atomic E-state index is 15.9. The molecule has 42 heavy (non-hydrogen) atoms. The second kappa shape index (κ2) is 13.7. The molecular formula is C26H30F3N7O4S2. The Morgan fingerprint density at radius 1 is 1.12 bits per heavy atom. The summed E-state index contributed by atoms with van der Waals surface area (Å²) in [7, 11) is -3.62. The van der Waals surface area contributed by atoms with E-state index >= 15 is 4.39 Å². The average molecular weight is 626 g/mol. The highest BCUT2D eigenvalue weighted by Gasteiger charge is 2.27. The van der Waals surface area contributed by atoms with Gasteiger partial charge in [-0.25, -0.2) is 36.4 Å². The summed E-state index contributed by atoms with van der Waals surface area (Å²) < 4.78 is 76.3. The topological polar surface area (TPSA) is 147 Å². The lowest BCUT2D eigenvalue weighted by Crippen LogP contribution is -2.31. The molecule has 0 aliphatic rings. The zero-order chi connectivity index (χ0) is 31.1. The highest BCUT2D eigenvalue weighted by Crippen LogP contribution is 2.37. The van der Waals surface area contributed by atoms with Gasteiger partial charge in [-0.05, 0) is 44.5 Å². The van der Waals surface area contributed by atoms with Crippen molar-refractivity contribution in [2.45, 2.75) is 36.5 Å². The first kappa shape index (κ1) is 32.5. The quantitative estimate of drug-likeness (QED) is 0.156. The first-order valence-corrected chi connectivity index (χ1v) is 14.4. The molecule has 0 saturated carbocycles. The Balaban J connectivity index is 1.97. The Morgan fingerprint density at radius 2 is 1.81 bits per heavy atom. The van der Waals surface area contributed by atoms with Crippen LogP contribution in [-0.4, -0.2) is 55.2 Å². The van der Waals surface area contributed by atoms with Crippen molar-refractivity contribution in [3.05, 3.63) is 77.8 Å². The van der Waals surface area contributed by atoms with Crippen LogP contribution >= 0.6 is 12.6 Å². The lowest BCUT2D eigenvalue weighted by molar-refractivity contribution is 0.171. The van der Waals surface area contributed by atoms with Crippen LogP contribution in [0.15, 0.2) is 54.0 Å². The largest absolute Gasteiger partial charge is 0.453 e. The molecule has 11 nitrogen and oxygen atoms in total. The number of ether oxygens (including phenoxy) is 1. The number of halogens is 3. The maximum Gasteiger partial charge on any atom is 0.406 e. The van der Waals surface area contributed by atoms with Crippen LogP contribution in [0.3, 0.4) is 0 Å². The van der Waals surface area contributed by atoms with E-state index < -0.39 is 54.9 Å². The van der Waals surface area contributed by atoms with Crippen molar-refractivity contribution in [1.29, 1.82) is 0 Å². The Morgan fingerprint density at radius 3 is 2.45 bits per heavy atom. The second-order valence-electron chi connectivity index (χ2n) is 9.75. The summed E-state index contributed by atoms with van der Waals surface area (Å²) in [6.07, 6.45) is 4.41. The number of carbonyl (C=O) groups is 1. The first-order chi connectivity index (χ1) is 19.7. The minimum Gasteiger partial charge on any atom is -0.453 e. The van der Waals surface area contributed by atoms with Gasteiger partial charge in [-0.3, -0.25) is 9.71 Å². The van der Waals surface area contributed by atoms with Gasteiger partial charge < -0.3 is 20.7 Å². The van der Waals surface area contributed by atoms with Gasteiger partial charge in [0.15, 0.2) is 10.7 Å². The molecule has 0 saturated heterocycles. The molecule has 0 bridgehead atoms. The van der Waals surface area contributed by atoms with Crippen molar-refractivity contribution < 1.29 is 31.1 Å². The molecule has 1 amide bonds. The summed E-state index contributed by atoms with van der Waals surface area (Å²) in [5, 5.41) is 7.68. The van der Waals surface area contributed by atoms with Crippen LogP contribution in [-0.2, 0) is 14.8 Å². The molecule has 0 aliphatic carbocycles. The van der Waals surface area contributed by atoms with Crippen LogP contribution < -0.4 is 20.7 Å². The van der Waals surface area contributed by atoms with Crippen molar-refractivity contribution in [2.75, 3.05) is 30.2 Å². The molecule has 0 aliphatic heterocycles. The molecule has 3 rings (SSSR count). The summed E-state index contributed by atoms with van der Waals surface area (Å²) in [6, 6.07) is 4.10. The van der Waals surface area contributed by atoms with E-state index in [4.69, 9.17) is 0 Å². The van der Waals surface area contributed by atoms with Gasteiger partial charge >= 0.3 is 6.09 Å². The number of amides is 1. The lowest BCUT2D eigenvalue weighted by Gasteiger charge is -2.23. The second-order valence-corrected chi connectivity index (χ2v) is 11.9. The predicted molar refractivity (Wildman–Crippen MR) is 155 cm³/mol. The van der Waals surface area contributed by atoms with Gasteiger partial charge in [-0.15, -0.1) is 0 Å². The zero-order valence-corrected chi connectivity index (χ0v) is 24.8. The van der Waals surface area contributed by atoms with E-state index in [-0.39, 0.29) is 30.2 Å². The van der Waals surface area contributed by atoms with E-state index in [1.54, 1.807) is 6.07 Å². The molecule has 3 aromatic rings. The molecule has 0 fully saturated rings. The molecule has 0 spiro atoms. The van der Waals surface area contributed by atoms with E-state index in [9.17, 15) is 22.0 Å². The summed E-state index contributed by atoms with van der Waals surface area (Å²) in [6.45, 7) is 6.10. The van der Waals surface area contributed by atoms with Crippen molar-refractivity contribution in [1.82, 2.24) is 25.6 Å². The van der Waals surface area contributed by atoms with Crippen LogP contribution in [0, 0.1) is 17.5 Å². The highest BCUT2D eigenvalue weighted by molar-refractivity contribution is 7.92. The first-order valence-electron chi connectivity index (χ1n) is 12.4. The number of hydrogen-bond donors (Lipinski definition) is 5. The number of pyridine rings is 1. The van der Waals surface area contributed by atoms with E-state index in [1.807, 2.05) is 25.5 Å². The minimum atomic E-state index is -4.87. The monoisotopic (exact) mass is 625 g/mol. The number of methoxy groups -OCH3 is 1. The summed E-state index contributed by atoms with van der Waals surface area (Å²) >= 11 is 4.67. The number of hydrogen-bond acceptors (Lipinski definition) is 10. The number of alkyl carbamates (subject to hydrolysis) is 1. The number of thiol groups is 1. The molecule has 2 heterocycles. The molecule has 226 valence electrons. The molecule has 0 radical (unpaired) electrons. The van der Waals surface area contributed by atoms with Crippen molar-refractivity contribution in [2.24, 2.45) is 0 Å². The zero-order valence-electron chi connectivity index (χ0n) is 23.1. The number of nitrogens with one attached hydrogen (secondary N) is 4. The Hall–Kier alpha value is -4.05. The van der Waals surface area contributed by atoms with Crippen molar-refractivity contribution in [3.63, 3.8) is 0 Å². The van der Waals surface area contributed by atoms with E-state index in [0.717, 1.165) is 30.6 Å². The molecular weight excluding hydrogens is 595 g/mol. The third-order valence-electron chi connectivity index (χ3n) is 5.40. The predicted octanol–water partition coefficient (Wildman–Crippen LogP) is 4.26. The van der Waals surface area contributed by atoms with Gasteiger partial charge in [0.05, 0.1) is 24.3 Å². The van der Waals surface area contributed by atoms with Crippen molar-refractivity contribution in [3.8, 4) is 0 Å². The van der Waals surface area contributed by atoms with Gasteiger partial charge in [0.2, 0.25) is 5.95 Å². The summed E-state index contributed by atoms with van der Waals surface area (Å²) in [5.41, 5.74) is -0.697. The van der Waals surface area contributed by atoms with Gasteiger partial charge in [-0.1, -0.05) is 6.07 Å². The molecule has 16 heteroatoms. The number of aromatic nitrogens is 3. The van der Waals surface area contributed by atoms with Gasteiger partial charge in [0.1, 0.15) is 17.3 Å². The van der Waals surface area contributed by atoms with E-state index in [2.05, 4.69) is 48.3 Å². The highest BCUT2D eigenvalue weighted by atomic mass is 32.2. The fourth-order valence-corrected chi connectivity index (χ4v) is 4.97. The summed E-state index contributed by atoms with van der Waals surface area (Å²) in [4.78, 5) is 22.5. The molecule has 2 aromatic heterocycles. The normalized spacial score (nSPS) is 12.8. The van der Waals surface area contributed by atoms with E-state index in [0.29, 0.717) is 5.69 Å². The Kier molecular flexibility index (Phi) is 10.6. The number of carbonyl (C=O) groups excluding carboxylic acids is 1. The van der Waals surface area contributed by atoms with Crippen molar-refractivity contribution >= 4 is 46.0 Å². The summed E-state index contributed by atoms with van der Waals surface area (Å²) in [5.74, 6) is -3.54. The van der Waals surface area contributed by atoms with Gasteiger partial charge in [0, 0.05) is 42.8 Å². The third-order valence-corrected chi connectivity index (χ3v) is 7.36. The molecule has 1 atom stereocenters. The SMILES string of the molecule is COC(=O)NCCNc1nccc(C(S)/C(=C\NC(C)(C)C)c2cncc(NS(=O)(=O)c3c(F)cccc3F)c2F)n1. The minimum absolute atomic E-state index is 0.156. The lowest BCUT2D eigenvalue weighted by atomic mass is 10.0. The Bertz CT molecular complexity index is 1550. The number of sulfonamides is 1. The van der Waals surface area contributed by atoms with Crippen LogP contribution in [0.2, 0.25) is 0 Å². The number of nitrogens with zero attached hydrogens (tertiary/aromatic N) is 3. The number of anilines is 2. The van der Waals surface area contributed by atoms with Gasteiger partial charge in [0.25, 0.3) is 10.0 Å². The fraction of sp³-hybridized carbons (Fsp3) is 0.308. The molecule has 1 aromatic carbocycles. The molecule has 4 N–H and O–H groups in total. The van der Waals surface area contributed by atoms with Crippen LogP contribution in [0.4, 0.5) is 29.6 Å². The fourth-order valence-electron chi connectivity index (χ4n) is 3.43.